The number of nitrogens with zero attached hydrogens (tertiary/aromatic N) is 1. The molecule has 0 aliphatic rings. The summed E-state index contributed by atoms with van der Waals surface area (Å²) in [6.45, 7) is 4.92. The summed E-state index contributed by atoms with van der Waals surface area (Å²) in [6.07, 6.45) is 0.706. The van der Waals surface area contributed by atoms with E-state index in [1.54, 1.807) is 12.1 Å². The minimum Gasteiger partial charge on any atom is -0.389 e. The molecule has 2 rings (SSSR count). The molecule has 0 amide bonds. The maximum atomic E-state index is 12.9. The van der Waals surface area contributed by atoms with Gasteiger partial charge in [0.15, 0.2) is 0 Å². The van der Waals surface area contributed by atoms with Gasteiger partial charge in [0, 0.05) is 24.0 Å². The minimum absolute atomic E-state index is 0.242. The van der Waals surface area contributed by atoms with Crippen LogP contribution in [-0.2, 0) is 6.54 Å². The highest BCUT2D eigenvalue weighted by Gasteiger charge is 2.16. The third-order valence-electron chi connectivity index (χ3n) is 3.22. The molecule has 2 N–H and O–H groups in total. The molecule has 0 fully saturated rings. The fraction of sp³-hybridized carbons (Fsp3) is 0.400. The van der Waals surface area contributed by atoms with Crippen LogP contribution < -0.4 is 5.32 Å². The van der Waals surface area contributed by atoms with E-state index >= 15 is 0 Å². The molecule has 1 unspecified atom stereocenters. The molecular formula is C15H19FN2OS. The van der Waals surface area contributed by atoms with Gasteiger partial charge in [0.2, 0.25) is 0 Å². The number of halogens is 1. The molecular weight excluding hydrogens is 275 g/mol. The van der Waals surface area contributed by atoms with Crippen molar-refractivity contribution in [2.45, 2.75) is 32.4 Å². The molecule has 0 spiro atoms. The summed E-state index contributed by atoms with van der Waals surface area (Å²) in [5, 5.41) is 16.0. The average molecular weight is 294 g/mol. The third-order valence-corrected chi connectivity index (χ3v) is 4.16. The first-order valence-electron chi connectivity index (χ1n) is 6.63. The van der Waals surface area contributed by atoms with Gasteiger partial charge in [0.25, 0.3) is 0 Å². The molecule has 0 aliphatic heterocycles. The van der Waals surface area contributed by atoms with Crippen LogP contribution in [0.1, 0.15) is 26.0 Å². The topological polar surface area (TPSA) is 45.1 Å². The summed E-state index contributed by atoms with van der Waals surface area (Å²) in [7, 11) is 0. The van der Waals surface area contributed by atoms with Crippen LogP contribution in [0.3, 0.4) is 0 Å². The van der Waals surface area contributed by atoms with E-state index < -0.39 is 5.60 Å². The smallest absolute Gasteiger partial charge is 0.123 e. The van der Waals surface area contributed by atoms with Gasteiger partial charge >= 0.3 is 0 Å². The lowest BCUT2D eigenvalue weighted by Crippen LogP contribution is -2.36. The second-order valence-electron chi connectivity index (χ2n) is 5.10. The summed E-state index contributed by atoms with van der Waals surface area (Å²) >= 11 is 1.54. The SMILES string of the molecule is CCC(C)(O)CNCc1csc(-c2ccc(F)cc2)n1. The first-order valence-corrected chi connectivity index (χ1v) is 7.51. The lowest BCUT2D eigenvalue weighted by atomic mass is 10.0. The number of thiazole rings is 1. The number of hydrogen-bond acceptors (Lipinski definition) is 4. The quantitative estimate of drug-likeness (QED) is 0.860. The van der Waals surface area contributed by atoms with Crippen molar-refractivity contribution in [3.8, 4) is 10.6 Å². The molecule has 0 radical (unpaired) electrons. The van der Waals surface area contributed by atoms with Crippen molar-refractivity contribution in [3.63, 3.8) is 0 Å². The molecule has 1 atom stereocenters. The molecule has 0 saturated carbocycles. The van der Waals surface area contributed by atoms with Crippen LogP contribution in [0, 0.1) is 5.82 Å². The Balaban J connectivity index is 1.94. The van der Waals surface area contributed by atoms with E-state index in [-0.39, 0.29) is 5.82 Å². The maximum absolute atomic E-state index is 12.9. The monoisotopic (exact) mass is 294 g/mol. The zero-order valence-electron chi connectivity index (χ0n) is 11.7. The van der Waals surface area contributed by atoms with E-state index in [0.717, 1.165) is 16.3 Å². The van der Waals surface area contributed by atoms with Crippen LogP contribution in [-0.4, -0.2) is 22.2 Å². The van der Waals surface area contributed by atoms with E-state index in [0.29, 0.717) is 19.5 Å². The van der Waals surface area contributed by atoms with E-state index in [4.69, 9.17) is 0 Å². The van der Waals surface area contributed by atoms with Crippen molar-refractivity contribution < 1.29 is 9.50 Å². The zero-order valence-corrected chi connectivity index (χ0v) is 12.5. The van der Waals surface area contributed by atoms with Gasteiger partial charge in [-0.2, -0.15) is 0 Å². The highest BCUT2D eigenvalue weighted by molar-refractivity contribution is 7.13. The average Bonchev–Trinajstić information content (AvgIpc) is 2.88. The summed E-state index contributed by atoms with van der Waals surface area (Å²) in [5.74, 6) is -0.242. The molecule has 20 heavy (non-hydrogen) atoms. The van der Waals surface area contributed by atoms with Gasteiger partial charge in [-0.15, -0.1) is 11.3 Å². The molecule has 0 bridgehead atoms. The Morgan fingerprint density at radius 3 is 2.70 bits per heavy atom. The van der Waals surface area contributed by atoms with E-state index in [1.807, 2.05) is 19.2 Å². The normalized spacial score (nSPS) is 14.2. The molecule has 1 aromatic carbocycles. The number of benzene rings is 1. The fourth-order valence-electron chi connectivity index (χ4n) is 1.70. The Bertz CT molecular complexity index is 551. The molecule has 2 aromatic rings. The predicted molar refractivity (Wildman–Crippen MR) is 80.1 cm³/mol. The largest absolute Gasteiger partial charge is 0.389 e. The second-order valence-corrected chi connectivity index (χ2v) is 5.96. The van der Waals surface area contributed by atoms with Crippen LogP contribution in [0.15, 0.2) is 29.6 Å². The van der Waals surface area contributed by atoms with E-state index in [1.165, 1.54) is 23.5 Å². The van der Waals surface area contributed by atoms with E-state index in [9.17, 15) is 9.50 Å². The van der Waals surface area contributed by atoms with Crippen LogP contribution in [0.5, 0.6) is 0 Å². The van der Waals surface area contributed by atoms with Gasteiger partial charge in [-0.1, -0.05) is 6.92 Å². The maximum Gasteiger partial charge on any atom is 0.123 e. The van der Waals surface area contributed by atoms with Crippen LogP contribution in [0.2, 0.25) is 0 Å². The van der Waals surface area contributed by atoms with Crippen molar-refractivity contribution in [1.82, 2.24) is 10.3 Å². The molecule has 1 heterocycles. The predicted octanol–water partition coefficient (Wildman–Crippen LogP) is 3.20. The first kappa shape index (κ1) is 15.1. The summed E-state index contributed by atoms with van der Waals surface area (Å²) < 4.78 is 12.9. The first-order chi connectivity index (χ1) is 9.50. The minimum atomic E-state index is -0.685. The van der Waals surface area contributed by atoms with Crippen molar-refractivity contribution in [1.29, 1.82) is 0 Å². The molecule has 1 aromatic heterocycles. The van der Waals surface area contributed by atoms with Crippen molar-refractivity contribution in [2.75, 3.05) is 6.54 Å². The lowest BCUT2D eigenvalue weighted by molar-refractivity contribution is 0.0555. The number of rotatable bonds is 6. The van der Waals surface area contributed by atoms with Gasteiger partial charge < -0.3 is 10.4 Å². The summed E-state index contributed by atoms with van der Waals surface area (Å²) in [6, 6.07) is 6.33. The second kappa shape index (κ2) is 6.43. The number of aliphatic hydroxyl groups is 1. The number of nitrogens with one attached hydrogen (secondary N) is 1. The van der Waals surface area contributed by atoms with Crippen molar-refractivity contribution >= 4 is 11.3 Å². The molecule has 3 nitrogen and oxygen atoms in total. The summed E-state index contributed by atoms with van der Waals surface area (Å²) in [5.41, 5.74) is 1.17. The van der Waals surface area contributed by atoms with Crippen LogP contribution >= 0.6 is 11.3 Å². The molecule has 0 saturated heterocycles. The highest BCUT2D eigenvalue weighted by atomic mass is 32.1. The Kier molecular flexibility index (Phi) is 4.86. The molecule has 5 heteroatoms. The standard InChI is InChI=1S/C15H19FN2OS/c1-3-15(2,19)10-17-8-13-9-20-14(18-13)11-4-6-12(16)7-5-11/h4-7,9,17,19H,3,8,10H2,1-2H3. The van der Waals surface area contributed by atoms with Gasteiger partial charge in [0.05, 0.1) is 11.3 Å². The number of aromatic nitrogens is 1. The van der Waals surface area contributed by atoms with Gasteiger partial charge in [-0.25, -0.2) is 9.37 Å². The van der Waals surface area contributed by atoms with E-state index in [2.05, 4.69) is 10.3 Å². The highest BCUT2D eigenvalue weighted by Crippen LogP contribution is 2.23. The Hall–Kier alpha value is -1.30. The van der Waals surface area contributed by atoms with Gasteiger partial charge in [0.1, 0.15) is 10.8 Å². The third kappa shape index (κ3) is 4.10. The Morgan fingerprint density at radius 2 is 2.05 bits per heavy atom. The van der Waals surface area contributed by atoms with Crippen molar-refractivity contribution in [3.05, 3.63) is 41.2 Å². The Morgan fingerprint density at radius 1 is 1.35 bits per heavy atom. The van der Waals surface area contributed by atoms with Gasteiger partial charge in [-0.3, -0.25) is 0 Å². The Labute approximate surface area is 122 Å². The molecule has 0 aliphatic carbocycles. The lowest BCUT2D eigenvalue weighted by Gasteiger charge is -2.21. The van der Waals surface area contributed by atoms with Crippen molar-refractivity contribution in [2.24, 2.45) is 0 Å². The van der Waals surface area contributed by atoms with Crippen LogP contribution in [0.25, 0.3) is 10.6 Å². The summed E-state index contributed by atoms with van der Waals surface area (Å²) in [4.78, 5) is 4.51. The van der Waals surface area contributed by atoms with Crippen LogP contribution in [0.4, 0.5) is 4.39 Å². The fourth-order valence-corrected chi connectivity index (χ4v) is 2.52. The zero-order chi connectivity index (χ0) is 14.6. The van der Waals surface area contributed by atoms with Gasteiger partial charge in [-0.05, 0) is 37.6 Å². The molecule has 108 valence electrons. The number of hydrogen-bond donors (Lipinski definition) is 2.